The maximum atomic E-state index is 12.4. The molecule has 2 aromatic heterocycles. The van der Waals surface area contributed by atoms with Gasteiger partial charge in [-0.25, -0.2) is 4.68 Å². The molecular weight excluding hydrogens is 294 g/mol. The number of nitrogens with zero attached hydrogens (tertiary/aromatic N) is 3. The van der Waals surface area contributed by atoms with E-state index in [1.807, 2.05) is 25.1 Å². The fourth-order valence-corrected chi connectivity index (χ4v) is 2.94. The topological polar surface area (TPSA) is 106 Å². The van der Waals surface area contributed by atoms with E-state index >= 15 is 0 Å². The third-order valence-electron chi connectivity index (χ3n) is 4.17. The summed E-state index contributed by atoms with van der Waals surface area (Å²) in [6, 6.07) is 7.15. The Morgan fingerprint density at radius 3 is 2.87 bits per heavy atom. The number of aliphatic hydroxyl groups excluding tert-OH is 1. The molecule has 0 aromatic carbocycles. The lowest BCUT2D eigenvalue weighted by Crippen LogP contribution is -2.42. The van der Waals surface area contributed by atoms with Crippen LogP contribution in [0, 0.1) is 12.8 Å². The highest BCUT2D eigenvalue weighted by molar-refractivity contribution is 5.76. The van der Waals surface area contributed by atoms with Crippen LogP contribution in [0.2, 0.25) is 0 Å². The smallest absolute Gasteiger partial charge is 0.242 e. The van der Waals surface area contributed by atoms with Crippen LogP contribution in [0.25, 0.3) is 0 Å². The first-order valence-corrected chi connectivity index (χ1v) is 7.71. The SMILES string of the molecule is Cc1cc(N)n(CC(=O)N[C@H](c2ccccn2)C2CC(O)C2)n1. The number of carbonyl (C=O) groups excluding carboxylic acids is 1. The van der Waals surface area contributed by atoms with Crippen LogP contribution < -0.4 is 11.1 Å². The number of aryl methyl sites for hydroxylation is 1. The van der Waals surface area contributed by atoms with Gasteiger partial charge < -0.3 is 16.2 Å². The van der Waals surface area contributed by atoms with Crippen LogP contribution in [-0.2, 0) is 11.3 Å². The van der Waals surface area contributed by atoms with E-state index in [9.17, 15) is 9.90 Å². The Labute approximate surface area is 134 Å². The lowest BCUT2D eigenvalue weighted by Gasteiger charge is -2.37. The van der Waals surface area contributed by atoms with Crippen molar-refractivity contribution in [3.8, 4) is 0 Å². The van der Waals surface area contributed by atoms with Gasteiger partial charge in [0.2, 0.25) is 5.91 Å². The number of pyridine rings is 1. The maximum Gasteiger partial charge on any atom is 0.242 e. The second kappa shape index (κ2) is 6.37. The summed E-state index contributed by atoms with van der Waals surface area (Å²) < 4.78 is 1.48. The van der Waals surface area contributed by atoms with Gasteiger partial charge in [0.25, 0.3) is 0 Å². The number of hydrogen-bond acceptors (Lipinski definition) is 5. The lowest BCUT2D eigenvalue weighted by molar-refractivity contribution is -0.123. The van der Waals surface area contributed by atoms with E-state index in [-0.39, 0.29) is 30.5 Å². The largest absolute Gasteiger partial charge is 0.393 e. The zero-order chi connectivity index (χ0) is 16.4. The van der Waals surface area contributed by atoms with Crippen LogP contribution >= 0.6 is 0 Å². The molecule has 23 heavy (non-hydrogen) atoms. The van der Waals surface area contributed by atoms with Crippen LogP contribution in [0.4, 0.5) is 5.82 Å². The number of nitrogens with two attached hydrogens (primary N) is 1. The molecule has 7 nitrogen and oxygen atoms in total. The Bertz CT molecular complexity index is 679. The van der Waals surface area contributed by atoms with Crippen molar-refractivity contribution < 1.29 is 9.90 Å². The highest BCUT2D eigenvalue weighted by Gasteiger charge is 2.36. The van der Waals surface area contributed by atoms with E-state index in [1.165, 1.54) is 4.68 Å². The quantitative estimate of drug-likeness (QED) is 0.756. The highest BCUT2D eigenvalue weighted by atomic mass is 16.3. The first-order chi connectivity index (χ1) is 11.0. The van der Waals surface area contributed by atoms with E-state index in [2.05, 4.69) is 15.4 Å². The van der Waals surface area contributed by atoms with Gasteiger partial charge in [0.15, 0.2) is 0 Å². The average Bonchev–Trinajstić information content (AvgIpc) is 2.80. The molecular formula is C16H21N5O2. The monoisotopic (exact) mass is 315 g/mol. The number of carbonyl (C=O) groups is 1. The summed E-state index contributed by atoms with van der Waals surface area (Å²) in [5.74, 6) is 0.489. The van der Waals surface area contributed by atoms with E-state index < -0.39 is 0 Å². The second-order valence-electron chi connectivity index (χ2n) is 6.05. The molecule has 1 amide bonds. The molecule has 122 valence electrons. The minimum absolute atomic E-state index is 0.0677. The third-order valence-corrected chi connectivity index (χ3v) is 4.17. The summed E-state index contributed by atoms with van der Waals surface area (Å²) in [5.41, 5.74) is 7.41. The van der Waals surface area contributed by atoms with Crippen molar-refractivity contribution in [1.82, 2.24) is 20.1 Å². The first kappa shape index (κ1) is 15.5. The predicted molar refractivity (Wildman–Crippen MR) is 85.2 cm³/mol. The minimum Gasteiger partial charge on any atom is -0.393 e. The first-order valence-electron chi connectivity index (χ1n) is 7.71. The molecule has 7 heteroatoms. The van der Waals surface area contributed by atoms with Crippen molar-refractivity contribution in [1.29, 1.82) is 0 Å². The second-order valence-corrected chi connectivity index (χ2v) is 6.05. The summed E-state index contributed by atoms with van der Waals surface area (Å²) in [6.07, 6.45) is 2.76. The molecule has 1 aliphatic rings. The molecule has 3 rings (SSSR count). The third kappa shape index (κ3) is 3.50. The molecule has 0 radical (unpaired) electrons. The molecule has 1 atom stereocenters. The molecule has 1 aliphatic carbocycles. The van der Waals surface area contributed by atoms with Gasteiger partial charge in [-0.3, -0.25) is 9.78 Å². The van der Waals surface area contributed by atoms with Crippen LogP contribution in [0.15, 0.2) is 30.5 Å². The Morgan fingerprint density at radius 2 is 2.30 bits per heavy atom. The van der Waals surface area contributed by atoms with Gasteiger partial charge in [-0.2, -0.15) is 5.10 Å². The molecule has 4 N–H and O–H groups in total. The number of rotatable bonds is 5. The summed E-state index contributed by atoms with van der Waals surface area (Å²) in [5, 5.41) is 16.8. The van der Waals surface area contributed by atoms with Gasteiger partial charge in [-0.1, -0.05) is 6.07 Å². The Hall–Kier alpha value is -2.41. The molecule has 0 unspecified atom stereocenters. The van der Waals surface area contributed by atoms with Gasteiger partial charge in [-0.15, -0.1) is 0 Å². The van der Waals surface area contributed by atoms with Crippen molar-refractivity contribution in [2.24, 2.45) is 5.92 Å². The molecule has 0 spiro atoms. The van der Waals surface area contributed by atoms with Crippen molar-refractivity contribution in [3.05, 3.63) is 41.9 Å². The molecule has 0 saturated heterocycles. The lowest BCUT2D eigenvalue weighted by atomic mass is 9.76. The molecule has 1 fully saturated rings. The number of nitrogens with one attached hydrogen (secondary N) is 1. The average molecular weight is 315 g/mol. The van der Waals surface area contributed by atoms with E-state index in [0.29, 0.717) is 18.7 Å². The number of hydrogen-bond donors (Lipinski definition) is 3. The highest BCUT2D eigenvalue weighted by Crippen LogP contribution is 2.37. The van der Waals surface area contributed by atoms with Gasteiger partial charge >= 0.3 is 0 Å². The van der Waals surface area contributed by atoms with Crippen LogP contribution in [-0.4, -0.2) is 31.9 Å². The Kier molecular flexibility index (Phi) is 4.29. The molecule has 2 heterocycles. The standard InChI is InChI=1S/C16H21N5O2/c1-10-6-14(17)21(20-10)9-15(23)19-16(11-7-12(22)8-11)13-4-2-3-5-18-13/h2-6,11-12,16,22H,7-9,17H2,1H3,(H,19,23)/t11?,12?,16-/m0/s1. The number of amides is 1. The molecule has 0 bridgehead atoms. The zero-order valence-corrected chi connectivity index (χ0v) is 13.0. The van der Waals surface area contributed by atoms with Crippen LogP contribution in [0.1, 0.15) is 30.3 Å². The van der Waals surface area contributed by atoms with Crippen molar-refractivity contribution in [2.75, 3.05) is 5.73 Å². The van der Waals surface area contributed by atoms with Crippen molar-refractivity contribution in [2.45, 2.75) is 38.5 Å². The number of aliphatic hydroxyl groups is 1. The maximum absolute atomic E-state index is 12.4. The fraction of sp³-hybridized carbons (Fsp3) is 0.438. The van der Waals surface area contributed by atoms with E-state index in [4.69, 9.17) is 5.73 Å². The number of aromatic nitrogens is 3. The van der Waals surface area contributed by atoms with Gasteiger partial charge in [0.1, 0.15) is 12.4 Å². The Morgan fingerprint density at radius 1 is 1.52 bits per heavy atom. The fourth-order valence-electron chi connectivity index (χ4n) is 2.94. The summed E-state index contributed by atoms with van der Waals surface area (Å²) in [6.45, 7) is 1.90. The van der Waals surface area contributed by atoms with Crippen molar-refractivity contribution in [3.63, 3.8) is 0 Å². The normalized spacial score (nSPS) is 21.5. The van der Waals surface area contributed by atoms with Crippen LogP contribution in [0.5, 0.6) is 0 Å². The minimum atomic E-state index is -0.285. The van der Waals surface area contributed by atoms with Gasteiger partial charge in [0, 0.05) is 12.3 Å². The summed E-state index contributed by atoms with van der Waals surface area (Å²) in [7, 11) is 0. The van der Waals surface area contributed by atoms with Crippen molar-refractivity contribution >= 4 is 11.7 Å². The van der Waals surface area contributed by atoms with Gasteiger partial charge in [-0.05, 0) is 37.8 Å². The zero-order valence-electron chi connectivity index (χ0n) is 13.0. The predicted octanol–water partition coefficient (Wildman–Crippen LogP) is 0.797. The summed E-state index contributed by atoms with van der Waals surface area (Å²) >= 11 is 0. The van der Waals surface area contributed by atoms with E-state index in [0.717, 1.165) is 11.4 Å². The van der Waals surface area contributed by atoms with Gasteiger partial charge in [0.05, 0.1) is 23.5 Å². The molecule has 1 saturated carbocycles. The Balaban J connectivity index is 1.71. The number of anilines is 1. The number of nitrogen functional groups attached to an aromatic ring is 1. The molecule has 2 aromatic rings. The van der Waals surface area contributed by atoms with Crippen LogP contribution in [0.3, 0.4) is 0 Å². The summed E-state index contributed by atoms with van der Waals surface area (Å²) in [4.78, 5) is 16.7. The van der Waals surface area contributed by atoms with E-state index in [1.54, 1.807) is 12.3 Å². The molecule has 0 aliphatic heterocycles.